The molecular weight excluding hydrogens is 164 g/mol. The number of benzene rings is 1. The van der Waals surface area contributed by atoms with Gasteiger partial charge in [0.15, 0.2) is 0 Å². The van der Waals surface area contributed by atoms with Gasteiger partial charge >= 0.3 is 0 Å². The molecule has 3 nitrogen and oxygen atoms in total. The van der Waals surface area contributed by atoms with Crippen LogP contribution in [0.2, 0.25) is 0 Å². The van der Waals surface area contributed by atoms with E-state index >= 15 is 0 Å². The lowest BCUT2D eigenvalue weighted by atomic mass is 10.1. The molecule has 0 spiro atoms. The molecule has 66 valence electrons. The van der Waals surface area contributed by atoms with E-state index in [0.29, 0.717) is 0 Å². The smallest absolute Gasteiger partial charge is 0.119 e. The second-order valence-electron chi connectivity index (χ2n) is 2.72. The summed E-state index contributed by atoms with van der Waals surface area (Å²) < 4.78 is 5.12. The highest BCUT2D eigenvalue weighted by Gasteiger charge is 1.99. The van der Waals surface area contributed by atoms with Gasteiger partial charge in [-0.15, -0.1) is 0 Å². The van der Waals surface area contributed by atoms with E-state index in [0.717, 1.165) is 16.9 Å². The molecule has 0 aliphatic heterocycles. The zero-order chi connectivity index (χ0) is 9.10. The fraction of sp³-hybridized carbons (Fsp3) is 0.100. The van der Waals surface area contributed by atoms with E-state index in [9.17, 15) is 0 Å². The van der Waals surface area contributed by atoms with E-state index in [4.69, 9.17) is 4.74 Å². The summed E-state index contributed by atoms with van der Waals surface area (Å²) in [6, 6.07) is 7.88. The van der Waals surface area contributed by atoms with Crippen LogP contribution in [0.15, 0.2) is 36.7 Å². The van der Waals surface area contributed by atoms with Gasteiger partial charge in [-0.25, -0.2) is 0 Å². The quantitative estimate of drug-likeness (QED) is 0.756. The largest absolute Gasteiger partial charge is 0.497 e. The molecule has 1 aromatic carbocycles. The highest BCUT2D eigenvalue weighted by atomic mass is 16.5. The highest BCUT2D eigenvalue weighted by Crippen LogP contribution is 2.22. The van der Waals surface area contributed by atoms with E-state index < -0.39 is 0 Å². The molecule has 0 saturated heterocycles. The molecule has 0 radical (unpaired) electrons. The molecule has 1 aromatic heterocycles. The standard InChI is InChI=1S/C10H10N2O/c1-13-10-4-2-3-8(5-10)9-6-11-12-7-9/h2-7H,1H3,(H,11,12). The van der Waals surface area contributed by atoms with E-state index in [1.807, 2.05) is 30.5 Å². The number of H-pyrrole nitrogens is 1. The Morgan fingerprint density at radius 3 is 2.92 bits per heavy atom. The van der Waals surface area contributed by atoms with Crippen LogP contribution in [0.4, 0.5) is 0 Å². The molecule has 0 fully saturated rings. The monoisotopic (exact) mass is 174 g/mol. The van der Waals surface area contributed by atoms with Gasteiger partial charge in [0.05, 0.1) is 13.3 Å². The van der Waals surface area contributed by atoms with Crippen LogP contribution in [0.25, 0.3) is 11.1 Å². The van der Waals surface area contributed by atoms with Crippen molar-refractivity contribution in [2.45, 2.75) is 0 Å². The second kappa shape index (κ2) is 3.31. The van der Waals surface area contributed by atoms with Crippen molar-refractivity contribution in [3.8, 4) is 16.9 Å². The molecule has 0 saturated carbocycles. The van der Waals surface area contributed by atoms with Gasteiger partial charge in [-0.3, -0.25) is 5.10 Å². The molecule has 1 N–H and O–H groups in total. The van der Waals surface area contributed by atoms with Crippen LogP contribution >= 0.6 is 0 Å². The molecule has 0 aliphatic rings. The van der Waals surface area contributed by atoms with E-state index in [1.165, 1.54) is 0 Å². The zero-order valence-corrected chi connectivity index (χ0v) is 7.32. The van der Waals surface area contributed by atoms with Crippen LogP contribution in [0.3, 0.4) is 0 Å². The number of nitrogens with zero attached hydrogens (tertiary/aromatic N) is 1. The maximum absolute atomic E-state index is 5.12. The van der Waals surface area contributed by atoms with Gasteiger partial charge in [-0.1, -0.05) is 12.1 Å². The van der Waals surface area contributed by atoms with Crippen molar-refractivity contribution in [2.24, 2.45) is 0 Å². The van der Waals surface area contributed by atoms with Crippen LogP contribution < -0.4 is 4.74 Å². The summed E-state index contributed by atoms with van der Waals surface area (Å²) in [6.45, 7) is 0. The van der Waals surface area contributed by atoms with Crippen molar-refractivity contribution < 1.29 is 4.74 Å². The van der Waals surface area contributed by atoms with Crippen molar-refractivity contribution in [1.82, 2.24) is 10.2 Å². The third-order valence-electron chi connectivity index (χ3n) is 1.90. The summed E-state index contributed by atoms with van der Waals surface area (Å²) in [4.78, 5) is 0. The minimum atomic E-state index is 0.860. The number of aromatic amines is 1. The first-order valence-electron chi connectivity index (χ1n) is 4.03. The molecule has 0 bridgehead atoms. The minimum Gasteiger partial charge on any atom is -0.497 e. The Bertz CT molecular complexity index is 382. The first-order valence-corrected chi connectivity index (χ1v) is 4.03. The fourth-order valence-corrected chi connectivity index (χ4v) is 1.21. The number of hydrogen-bond acceptors (Lipinski definition) is 2. The third kappa shape index (κ3) is 1.54. The van der Waals surface area contributed by atoms with Gasteiger partial charge in [0.2, 0.25) is 0 Å². The van der Waals surface area contributed by atoms with Crippen LogP contribution in [-0.2, 0) is 0 Å². The highest BCUT2D eigenvalue weighted by molar-refractivity contribution is 5.63. The predicted molar refractivity (Wildman–Crippen MR) is 50.6 cm³/mol. The Balaban J connectivity index is 2.41. The molecule has 13 heavy (non-hydrogen) atoms. The molecule has 0 aliphatic carbocycles. The molecule has 2 aromatic rings. The number of nitrogens with one attached hydrogen (secondary N) is 1. The Morgan fingerprint density at radius 1 is 1.31 bits per heavy atom. The van der Waals surface area contributed by atoms with Crippen molar-refractivity contribution in [3.63, 3.8) is 0 Å². The summed E-state index contributed by atoms with van der Waals surface area (Å²) in [6.07, 6.45) is 3.64. The van der Waals surface area contributed by atoms with Crippen molar-refractivity contribution in [2.75, 3.05) is 7.11 Å². The van der Waals surface area contributed by atoms with E-state index in [2.05, 4.69) is 10.2 Å². The summed E-state index contributed by atoms with van der Waals surface area (Å²) in [5.41, 5.74) is 2.17. The predicted octanol–water partition coefficient (Wildman–Crippen LogP) is 2.09. The van der Waals surface area contributed by atoms with Crippen LogP contribution in [0.1, 0.15) is 0 Å². The topological polar surface area (TPSA) is 37.9 Å². The lowest BCUT2D eigenvalue weighted by Gasteiger charge is -2.01. The number of rotatable bonds is 2. The lowest BCUT2D eigenvalue weighted by molar-refractivity contribution is 0.415. The van der Waals surface area contributed by atoms with Crippen LogP contribution in [0.5, 0.6) is 5.75 Å². The average molecular weight is 174 g/mol. The Labute approximate surface area is 76.4 Å². The van der Waals surface area contributed by atoms with Gasteiger partial charge in [0.25, 0.3) is 0 Å². The summed E-state index contributed by atoms with van der Waals surface area (Å²) in [7, 11) is 1.66. The van der Waals surface area contributed by atoms with Gasteiger partial charge in [0, 0.05) is 11.8 Å². The molecule has 0 atom stereocenters. The van der Waals surface area contributed by atoms with Gasteiger partial charge in [0.1, 0.15) is 5.75 Å². The summed E-state index contributed by atoms with van der Waals surface area (Å²) >= 11 is 0. The third-order valence-corrected chi connectivity index (χ3v) is 1.90. The second-order valence-corrected chi connectivity index (χ2v) is 2.72. The molecule has 3 heteroatoms. The lowest BCUT2D eigenvalue weighted by Crippen LogP contribution is -1.82. The molecule has 0 unspecified atom stereocenters. The van der Waals surface area contributed by atoms with Crippen molar-refractivity contribution in [1.29, 1.82) is 0 Å². The Kier molecular flexibility index (Phi) is 2.00. The van der Waals surface area contributed by atoms with Crippen LogP contribution in [-0.4, -0.2) is 17.3 Å². The zero-order valence-electron chi connectivity index (χ0n) is 7.32. The minimum absolute atomic E-state index is 0.860. The summed E-state index contributed by atoms with van der Waals surface area (Å²) in [5, 5.41) is 6.66. The van der Waals surface area contributed by atoms with Gasteiger partial charge in [-0.2, -0.15) is 5.10 Å². The van der Waals surface area contributed by atoms with Crippen molar-refractivity contribution >= 4 is 0 Å². The van der Waals surface area contributed by atoms with E-state index in [-0.39, 0.29) is 0 Å². The average Bonchev–Trinajstić information content (AvgIpc) is 2.71. The Morgan fingerprint density at radius 2 is 2.23 bits per heavy atom. The Hall–Kier alpha value is -1.77. The fourth-order valence-electron chi connectivity index (χ4n) is 1.21. The molecule has 0 amide bonds. The first-order chi connectivity index (χ1) is 6.40. The maximum atomic E-state index is 5.12. The first kappa shape index (κ1) is 7.86. The summed E-state index contributed by atoms with van der Waals surface area (Å²) in [5.74, 6) is 0.860. The molecule has 2 rings (SSSR count). The normalized spacial score (nSPS) is 9.92. The van der Waals surface area contributed by atoms with Gasteiger partial charge in [-0.05, 0) is 17.7 Å². The number of ether oxygens (including phenoxy) is 1. The SMILES string of the molecule is COc1cccc(-c2cn[nH]c2)c1. The number of methoxy groups -OCH3 is 1. The number of hydrogen-bond donors (Lipinski definition) is 1. The maximum Gasteiger partial charge on any atom is 0.119 e. The molecule has 1 heterocycles. The van der Waals surface area contributed by atoms with E-state index in [1.54, 1.807) is 13.3 Å². The van der Waals surface area contributed by atoms with Crippen molar-refractivity contribution in [3.05, 3.63) is 36.7 Å². The van der Waals surface area contributed by atoms with Gasteiger partial charge < -0.3 is 4.74 Å². The van der Waals surface area contributed by atoms with Crippen LogP contribution in [0, 0.1) is 0 Å². The molecular formula is C10H10N2O. The number of aromatic nitrogens is 2.